The van der Waals surface area contributed by atoms with Gasteiger partial charge < -0.3 is 10.9 Å². The van der Waals surface area contributed by atoms with Crippen molar-refractivity contribution < 1.29 is 9.60 Å². The summed E-state index contributed by atoms with van der Waals surface area (Å²) < 4.78 is 16.1. The van der Waals surface area contributed by atoms with Crippen LogP contribution in [0.25, 0.3) is 0 Å². The number of aromatic nitrogens is 3. The van der Waals surface area contributed by atoms with Crippen LogP contribution in [0.3, 0.4) is 0 Å². The number of nitrogens with zero attached hydrogens (tertiary/aromatic N) is 4. The lowest BCUT2D eigenvalue weighted by atomic mass is 10.1. The maximum absolute atomic E-state index is 14.4. The molecule has 0 aliphatic heterocycles. The van der Waals surface area contributed by atoms with Gasteiger partial charge in [-0.15, -0.1) is 0 Å². The molecule has 0 amide bonds. The first kappa shape index (κ1) is 15.0. The number of nitrogens with two attached hydrogens (primary N) is 1. The van der Waals surface area contributed by atoms with Crippen LogP contribution in [0.15, 0.2) is 23.4 Å². The Morgan fingerprint density at radius 1 is 1.38 bits per heavy atom. The molecule has 6 nitrogen and oxygen atoms in total. The van der Waals surface area contributed by atoms with E-state index in [1.807, 2.05) is 13.8 Å². The van der Waals surface area contributed by atoms with Gasteiger partial charge in [-0.25, -0.2) is 14.1 Å². The summed E-state index contributed by atoms with van der Waals surface area (Å²) in [5, 5.41) is 15.9. The van der Waals surface area contributed by atoms with Crippen LogP contribution < -0.4 is 5.73 Å². The van der Waals surface area contributed by atoms with Crippen molar-refractivity contribution >= 4 is 5.84 Å². The molecule has 0 bridgehead atoms. The highest BCUT2D eigenvalue weighted by Gasteiger charge is 2.14. The zero-order valence-corrected chi connectivity index (χ0v) is 12.0. The summed E-state index contributed by atoms with van der Waals surface area (Å²) in [7, 11) is 0. The molecule has 0 aliphatic carbocycles. The van der Waals surface area contributed by atoms with E-state index in [0.29, 0.717) is 12.0 Å². The highest BCUT2D eigenvalue weighted by atomic mass is 19.1. The van der Waals surface area contributed by atoms with Crippen LogP contribution >= 0.6 is 0 Å². The van der Waals surface area contributed by atoms with Crippen molar-refractivity contribution in [3.8, 4) is 0 Å². The van der Waals surface area contributed by atoms with Crippen LogP contribution in [0, 0.1) is 5.82 Å². The van der Waals surface area contributed by atoms with Crippen molar-refractivity contribution in [3.63, 3.8) is 0 Å². The molecule has 1 aromatic carbocycles. The number of aryl methyl sites for hydroxylation is 2. The Morgan fingerprint density at radius 3 is 2.76 bits per heavy atom. The van der Waals surface area contributed by atoms with E-state index in [0.717, 1.165) is 18.1 Å². The first-order valence-electron chi connectivity index (χ1n) is 6.78. The Morgan fingerprint density at radius 2 is 2.14 bits per heavy atom. The molecule has 1 aromatic heterocycles. The molecule has 0 atom stereocenters. The lowest BCUT2D eigenvalue weighted by Gasteiger charge is -2.08. The number of halogens is 1. The highest BCUT2D eigenvalue weighted by Crippen LogP contribution is 2.15. The second-order valence-corrected chi connectivity index (χ2v) is 4.57. The summed E-state index contributed by atoms with van der Waals surface area (Å²) in [4.78, 5) is 4.39. The van der Waals surface area contributed by atoms with Gasteiger partial charge in [0, 0.05) is 18.4 Å². The molecule has 0 fully saturated rings. The summed E-state index contributed by atoms with van der Waals surface area (Å²) >= 11 is 0. The fourth-order valence-electron chi connectivity index (χ4n) is 2.08. The van der Waals surface area contributed by atoms with Crippen LogP contribution in [0.1, 0.15) is 36.6 Å². The number of amidine groups is 1. The predicted molar refractivity (Wildman–Crippen MR) is 76.8 cm³/mol. The van der Waals surface area contributed by atoms with E-state index in [-0.39, 0.29) is 17.9 Å². The topological polar surface area (TPSA) is 89.3 Å². The standard InChI is InChI=1S/C14H18FN5O/c1-3-11-17-12(4-2)20(18-11)8-9-6-5-7-10(13(9)15)14(16)19-21/h5-7,21H,3-4,8H2,1-2H3,(H2,16,19). The van der Waals surface area contributed by atoms with Crippen molar-refractivity contribution in [2.45, 2.75) is 33.2 Å². The third-order valence-corrected chi connectivity index (χ3v) is 3.21. The molecule has 0 saturated carbocycles. The molecule has 0 saturated heterocycles. The van der Waals surface area contributed by atoms with E-state index in [2.05, 4.69) is 15.2 Å². The molecule has 3 N–H and O–H groups in total. The molecule has 2 aromatic rings. The van der Waals surface area contributed by atoms with Crippen molar-refractivity contribution in [1.82, 2.24) is 14.8 Å². The Kier molecular flexibility index (Phi) is 4.52. The van der Waals surface area contributed by atoms with E-state index in [1.165, 1.54) is 6.07 Å². The molecule has 1 heterocycles. The van der Waals surface area contributed by atoms with Crippen LogP contribution in [-0.4, -0.2) is 25.8 Å². The molecule has 2 rings (SSSR count). The number of benzene rings is 1. The zero-order valence-electron chi connectivity index (χ0n) is 12.0. The second-order valence-electron chi connectivity index (χ2n) is 4.57. The lowest BCUT2D eigenvalue weighted by Crippen LogP contribution is -2.17. The maximum Gasteiger partial charge on any atom is 0.173 e. The van der Waals surface area contributed by atoms with Gasteiger partial charge in [-0.2, -0.15) is 5.10 Å². The van der Waals surface area contributed by atoms with Gasteiger partial charge in [-0.3, -0.25) is 0 Å². The van der Waals surface area contributed by atoms with Gasteiger partial charge in [-0.1, -0.05) is 31.1 Å². The quantitative estimate of drug-likeness (QED) is 0.379. The monoisotopic (exact) mass is 291 g/mol. The fraction of sp³-hybridized carbons (Fsp3) is 0.357. The minimum atomic E-state index is -0.511. The van der Waals surface area contributed by atoms with Gasteiger partial charge in [0.15, 0.2) is 11.7 Å². The average molecular weight is 291 g/mol. The Hall–Kier alpha value is -2.44. The van der Waals surface area contributed by atoms with Gasteiger partial charge in [0.05, 0.1) is 12.1 Å². The minimum Gasteiger partial charge on any atom is -0.409 e. The second kappa shape index (κ2) is 6.34. The van der Waals surface area contributed by atoms with Crippen LogP contribution in [0.5, 0.6) is 0 Å². The van der Waals surface area contributed by atoms with Crippen molar-refractivity contribution in [2.24, 2.45) is 10.9 Å². The van der Waals surface area contributed by atoms with E-state index in [1.54, 1.807) is 16.8 Å². The third kappa shape index (κ3) is 3.01. The van der Waals surface area contributed by atoms with Crippen LogP contribution in [0.4, 0.5) is 4.39 Å². The van der Waals surface area contributed by atoms with Gasteiger partial charge in [0.25, 0.3) is 0 Å². The van der Waals surface area contributed by atoms with Gasteiger partial charge in [0.2, 0.25) is 0 Å². The minimum absolute atomic E-state index is 0.0730. The molecular formula is C14H18FN5O. The van der Waals surface area contributed by atoms with Crippen molar-refractivity contribution in [3.05, 3.63) is 46.8 Å². The molecule has 21 heavy (non-hydrogen) atoms. The average Bonchev–Trinajstić information content (AvgIpc) is 2.90. The first-order valence-corrected chi connectivity index (χ1v) is 6.78. The SMILES string of the molecule is CCc1nc(CC)n(Cc2cccc(/C(N)=N/O)c2F)n1. The molecular weight excluding hydrogens is 273 g/mol. The Bertz CT molecular complexity index is 665. The normalized spacial score (nSPS) is 11.9. The van der Waals surface area contributed by atoms with Crippen LogP contribution in [-0.2, 0) is 19.4 Å². The van der Waals surface area contributed by atoms with Gasteiger partial charge in [0.1, 0.15) is 11.6 Å². The summed E-state index contributed by atoms with van der Waals surface area (Å²) in [6, 6.07) is 4.78. The lowest BCUT2D eigenvalue weighted by molar-refractivity contribution is 0.318. The largest absolute Gasteiger partial charge is 0.409 e. The van der Waals surface area contributed by atoms with E-state index >= 15 is 0 Å². The summed E-state index contributed by atoms with van der Waals surface area (Å²) in [6.45, 7) is 4.20. The highest BCUT2D eigenvalue weighted by molar-refractivity contribution is 5.97. The number of hydrogen-bond donors (Lipinski definition) is 2. The maximum atomic E-state index is 14.4. The van der Waals surface area contributed by atoms with Crippen molar-refractivity contribution in [2.75, 3.05) is 0 Å². The molecule has 0 spiro atoms. The number of hydrogen-bond acceptors (Lipinski definition) is 4. The van der Waals surface area contributed by atoms with E-state index < -0.39 is 5.82 Å². The van der Waals surface area contributed by atoms with Crippen molar-refractivity contribution in [1.29, 1.82) is 0 Å². The molecule has 0 radical (unpaired) electrons. The molecule has 7 heteroatoms. The van der Waals surface area contributed by atoms with Crippen LogP contribution in [0.2, 0.25) is 0 Å². The number of rotatable bonds is 5. The summed E-state index contributed by atoms with van der Waals surface area (Å²) in [5.41, 5.74) is 5.96. The number of oxime groups is 1. The van der Waals surface area contributed by atoms with Gasteiger partial charge >= 0.3 is 0 Å². The molecule has 0 aliphatic rings. The fourth-order valence-corrected chi connectivity index (χ4v) is 2.08. The summed E-state index contributed by atoms with van der Waals surface area (Å²) in [5.74, 6) is 0.779. The predicted octanol–water partition coefficient (Wildman–Crippen LogP) is 1.68. The van der Waals surface area contributed by atoms with E-state index in [9.17, 15) is 4.39 Å². The van der Waals surface area contributed by atoms with E-state index in [4.69, 9.17) is 10.9 Å². The first-order chi connectivity index (χ1) is 10.1. The zero-order chi connectivity index (χ0) is 15.4. The van der Waals surface area contributed by atoms with Gasteiger partial charge in [-0.05, 0) is 6.07 Å². The summed E-state index contributed by atoms with van der Waals surface area (Å²) in [6.07, 6.45) is 1.45. The third-order valence-electron chi connectivity index (χ3n) is 3.21. The smallest absolute Gasteiger partial charge is 0.173 e. The molecule has 112 valence electrons. The Balaban J connectivity index is 2.38. The molecule has 0 unspecified atom stereocenters. The Labute approximate surface area is 122 Å².